The van der Waals surface area contributed by atoms with E-state index in [1.165, 1.54) is 0 Å². The van der Waals surface area contributed by atoms with Crippen molar-refractivity contribution in [1.82, 2.24) is 0 Å². The summed E-state index contributed by atoms with van der Waals surface area (Å²) in [5.74, 6) is -0.662. The van der Waals surface area contributed by atoms with E-state index in [1.54, 1.807) is 12.5 Å². The predicted octanol–water partition coefficient (Wildman–Crippen LogP) is 3.41. The number of benzene rings is 1. The van der Waals surface area contributed by atoms with Gasteiger partial charge in [0.2, 0.25) is 0 Å². The first kappa shape index (κ1) is 14.9. The molecule has 0 bridgehead atoms. The molecule has 1 aromatic heterocycles. The second kappa shape index (κ2) is 5.76. The van der Waals surface area contributed by atoms with E-state index >= 15 is 0 Å². The van der Waals surface area contributed by atoms with Crippen LogP contribution in [0.3, 0.4) is 0 Å². The fourth-order valence-electron chi connectivity index (χ4n) is 3.13. The van der Waals surface area contributed by atoms with Crippen LogP contribution in [0.5, 0.6) is 0 Å². The lowest BCUT2D eigenvalue weighted by molar-refractivity contribution is -0.220. The van der Waals surface area contributed by atoms with Crippen LogP contribution in [0.2, 0.25) is 0 Å². The summed E-state index contributed by atoms with van der Waals surface area (Å²) >= 11 is 0. The summed E-state index contributed by atoms with van der Waals surface area (Å²) in [6, 6.07) is 11.9. The van der Waals surface area contributed by atoms with Crippen LogP contribution in [-0.2, 0) is 25.6 Å². The average molecular weight is 316 g/mol. The molecule has 0 unspecified atom stereocenters. The number of furan rings is 1. The summed E-state index contributed by atoms with van der Waals surface area (Å²) in [5, 5.41) is 0. The molecule has 122 valence electrons. The van der Waals surface area contributed by atoms with Crippen molar-refractivity contribution >= 4 is 0 Å². The van der Waals surface area contributed by atoms with Gasteiger partial charge in [0.05, 0.1) is 19.1 Å². The number of hydrogen-bond acceptors (Lipinski definition) is 5. The van der Waals surface area contributed by atoms with Crippen LogP contribution >= 0.6 is 0 Å². The first-order chi connectivity index (χ1) is 11.1. The average Bonchev–Trinajstić information content (AvgIpc) is 3.21. The summed E-state index contributed by atoms with van der Waals surface area (Å²) in [7, 11) is 0. The molecule has 0 saturated carbocycles. The Hall–Kier alpha value is -1.66. The van der Waals surface area contributed by atoms with Crippen LogP contribution in [0.1, 0.15) is 31.1 Å². The highest BCUT2D eigenvalue weighted by atomic mass is 16.8. The first-order valence-electron chi connectivity index (χ1n) is 7.81. The standard InChI is InChI=1S/C18H20O5/c1-18(2)22-16-15(20-10-12-6-4-3-5-7-12)14(21-17(16)23-18)13-8-9-19-11-13/h3-9,11,14-17H,10H2,1-2H3/t14-,15+,16-,17-/m1/s1. The van der Waals surface area contributed by atoms with Crippen LogP contribution < -0.4 is 0 Å². The SMILES string of the molecule is CC1(C)O[C@H]2O[C@H](c3ccoc3)[C@H](OCc3ccccc3)[C@H]2O1. The minimum atomic E-state index is -0.662. The van der Waals surface area contributed by atoms with Gasteiger partial charge in [0.15, 0.2) is 12.1 Å². The van der Waals surface area contributed by atoms with Gasteiger partial charge in [-0.1, -0.05) is 30.3 Å². The first-order valence-corrected chi connectivity index (χ1v) is 7.81. The molecule has 2 aliphatic rings. The lowest BCUT2D eigenvalue weighted by atomic mass is 10.1. The molecule has 4 rings (SSSR count). The molecule has 0 amide bonds. The third-order valence-corrected chi connectivity index (χ3v) is 4.15. The Labute approximate surface area is 135 Å². The zero-order valence-corrected chi connectivity index (χ0v) is 13.2. The Kier molecular flexibility index (Phi) is 3.73. The van der Waals surface area contributed by atoms with Crippen molar-refractivity contribution in [3.05, 3.63) is 60.1 Å². The van der Waals surface area contributed by atoms with Gasteiger partial charge in [-0.3, -0.25) is 0 Å². The zero-order valence-electron chi connectivity index (χ0n) is 13.2. The molecule has 4 atom stereocenters. The summed E-state index contributed by atoms with van der Waals surface area (Å²) < 4.78 is 29.2. The van der Waals surface area contributed by atoms with E-state index in [2.05, 4.69) is 0 Å². The molecule has 3 heterocycles. The number of rotatable bonds is 4. The number of hydrogen-bond donors (Lipinski definition) is 0. The van der Waals surface area contributed by atoms with E-state index in [4.69, 9.17) is 23.4 Å². The van der Waals surface area contributed by atoms with Gasteiger partial charge in [-0.2, -0.15) is 0 Å². The van der Waals surface area contributed by atoms with Gasteiger partial charge < -0.3 is 23.4 Å². The Morgan fingerprint density at radius 2 is 1.91 bits per heavy atom. The third-order valence-electron chi connectivity index (χ3n) is 4.15. The monoisotopic (exact) mass is 316 g/mol. The van der Waals surface area contributed by atoms with Crippen molar-refractivity contribution in [2.24, 2.45) is 0 Å². The van der Waals surface area contributed by atoms with Gasteiger partial charge in [0.1, 0.15) is 18.3 Å². The predicted molar refractivity (Wildman–Crippen MR) is 81.4 cm³/mol. The Morgan fingerprint density at radius 3 is 2.65 bits per heavy atom. The smallest absolute Gasteiger partial charge is 0.190 e. The van der Waals surface area contributed by atoms with Gasteiger partial charge in [-0.25, -0.2) is 0 Å². The van der Waals surface area contributed by atoms with Crippen LogP contribution in [0.15, 0.2) is 53.3 Å². The second-order valence-electron chi connectivity index (χ2n) is 6.34. The third kappa shape index (κ3) is 2.93. The van der Waals surface area contributed by atoms with E-state index in [9.17, 15) is 0 Å². The Morgan fingerprint density at radius 1 is 1.09 bits per heavy atom. The van der Waals surface area contributed by atoms with Crippen LogP contribution in [0.4, 0.5) is 0 Å². The zero-order chi connectivity index (χ0) is 15.9. The maximum absolute atomic E-state index is 6.16. The number of fused-ring (bicyclic) bond motifs is 1. The van der Waals surface area contributed by atoms with Gasteiger partial charge in [-0.15, -0.1) is 0 Å². The number of ether oxygens (including phenoxy) is 4. The van der Waals surface area contributed by atoms with Crippen molar-refractivity contribution in [2.75, 3.05) is 0 Å². The molecule has 2 fully saturated rings. The molecule has 5 heteroatoms. The van der Waals surface area contributed by atoms with Crippen molar-refractivity contribution in [3.8, 4) is 0 Å². The van der Waals surface area contributed by atoms with Gasteiger partial charge in [0, 0.05) is 5.56 Å². The normalized spacial score (nSPS) is 32.1. The largest absolute Gasteiger partial charge is 0.472 e. The molecule has 5 nitrogen and oxygen atoms in total. The second-order valence-corrected chi connectivity index (χ2v) is 6.34. The minimum absolute atomic E-state index is 0.250. The van der Waals surface area contributed by atoms with Crippen LogP contribution in [-0.4, -0.2) is 24.3 Å². The fraction of sp³-hybridized carbons (Fsp3) is 0.444. The van der Waals surface area contributed by atoms with Crippen LogP contribution in [0.25, 0.3) is 0 Å². The van der Waals surface area contributed by atoms with E-state index in [0.717, 1.165) is 11.1 Å². The van der Waals surface area contributed by atoms with Crippen molar-refractivity contribution in [3.63, 3.8) is 0 Å². The minimum Gasteiger partial charge on any atom is -0.472 e. The molecule has 23 heavy (non-hydrogen) atoms. The quantitative estimate of drug-likeness (QED) is 0.865. The van der Waals surface area contributed by atoms with Crippen molar-refractivity contribution in [2.45, 2.75) is 50.8 Å². The van der Waals surface area contributed by atoms with Gasteiger partial charge in [-0.05, 0) is 25.5 Å². The Bertz CT molecular complexity index is 637. The van der Waals surface area contributed by atoms with Crippen molar-refractivity contribution < 1.29 is 23.4 Å². The molecule has 2 aromatic rings. The highest BCUT2D eigenvalue weighted by molar-refractivity contribution is 5.17. The molecule has 0 radical (unpaired) electrons. The fourth-order valence-corrected chi connectivity index (χ4v) is 3.13. The lowest BCUT2D eigenvalue weighted by Crippen LogP contribution is -2.33. The summed E-state index contributed by atoms with van der Waals surface area (Å²) in [4.78, 5) is 0. The molecule has 2 aliphatic heterocycles. The molecule has 2 saturated heterocycles. The summed E-state index contributed by atoms with van der Waals surface area (Å²) in [6.45, 7) is 4.27. The topological polar surface area (TPSA) is 50.1 Å². The highest BCUT2D eigenvalue weighted by Crippen LogP contribution is 2.44. The van der Waals surface area contributed by atoms with E-state index in [-0.39, 0.29) is 18.3 Å². The summed E-state index contributed by atoms with van der Waals surface area (Å²) in [6.07, 6.45) is 2.12. The molecular weight excluding hydrogens is 296 g/mol. The van der Waals surface area contributed by atoms with Gasteiger partial charge in [0.25, 0.3) is 0 Å². The Balaban J connectivity index is 1.54. The molecule has 0 aliphatic carbocycles. The maximum atomic E-state index is 6.16. The molecule has 1 aromatic carbocycles. The van der Waals surface area contributed by atoms with Crippen molar-refractivity contribution in [1.29, 1.82) is 0 Å². The maximum Gasteiger partial charge on any atom is 0.190 e. The highest BCUT2D eigenvalue weighted by Gasteiger charge is 2.55. The van der Waals surface area contributed by atoms with E-state index in [1.807, 2.05) is 50.2 Å². The van der Waals surface area contributed by atoms with Gasteiger partial charge >= 0.3 is 0 Å². The molecule has 0 N–H and O–H groups in total. The molecular formula is C18H20O5. The molecule has 0 spiro atoms. The van der Waals surface area contributed by atoms with E-state index in [0.29, 0.717) is 6.61 Å². The summed E-state index contributed by atoms with van der Waals surface area (Å²) in [5.41, 5.74) is 2.04. The van der Waals surface area contributed by atoms with E-state index < -0.39 is 12.1 Å². The van der Waals surface area contributed by atoms with Crippen LogP contribution in [0, 0.1) is 0 Å². The lowest BCUT2D eigenvalue weighted by Gasteiger charge is -2.25.